The van der Waals surface area contributed by atoms with Crippen molar-refractivity contribution in [1.82, 2.24) is 5.32 Å². The molecule has 0 saturated carbocycles. The summed E-state index contributed by atoms with van der Waals surface area (Å²) >= 11 is 0. The molecule has 0 aliphatic rings. The number of rotatable bonds is 5. The van der Waals surface area contributed by atoms with E-state index in [0.717, 1.165) is 0 Å². The number of aromatic carboxylic acids is 1. The molecule has 86 valence electrons. The van der Waals surface area contributed by atoms with Gasteiger partial charge in [0.05, 0.1) is 5.56 Å². The van der Waals surface area contributed by atoms with Crippen molar-refractivity contribution in [1.29, 1.82) is 0 Å². The lowest BCUT2D eigenvalue weighted by Gasteiger charge is -2.09. The largest absolute Gasteiger partial charge is 0.478 e. The van der Waals surface area contributed by atoms with E-state index in [-0.39, 0.29) is 11.6 Å². The maximum atomic E-state index is 13.3. The van der Waals surface area contributed by atoms with Crippen molar-refractivity contribution in [2.45, 2.75) is 19.5 Å². The number of hydrogen-bond donors (Lipinski definition) is 2. The second-order valence-electron chi connectivity index (χ2n) is 3.52. The van der Waals surface area contributed by atoms with Gasteiger partial charge in [-0.25, -0.2) is 9.18 Å². The highest BCUT2D eigenvalue weighted by atomic mass is 19.1. The van der Waals surface area contributed by atoms with Crippen LogP contribution in [0.15, 0.2) is 30.9 Å². The van der Waals surface area contributed by atoms with Crippen molar-refractivity contribution in [2.24, 2.45) is 0 Å². The zero-order chi connectivity index (χ0) is 12.1. The Kier molecular flexibility index (Phi) is 4.19. The molecule has 0 amide bonds. The Morgan fingerprint density at radius 3 is 2.88 bits per heavy atom. The average molecular weight is 223 g/mol. The van der Waals surface area contributed by atoms with E-state index < -0.39 is 11.8 Å². The van der Waals surface area contributed by atoms with Gasteiger partial charge in [0.15, 0.2) is 0 Å². The van der Waals surface area contributed by atoms with Crippen LogP contribution in [0.4, 0.5) is 4.39 Å². The van der Waals surface area contributed by atoms with E-state index in [9.17, 15) is 9.18 Å². The number of benzene rings is 1. The van der Waals surface area contributed by atoms with E-state index in [1.807, 2.05) is 6.92 Å². The third kappa shape index (κ3) is 3.17. The van der Waals surface area contributed by atoms with Crippen LogP contribution < -0.4 is 5.32 Å². The normalized spacial score (nSPS) is 12.1. The molecule has 0 bridgehead atoms. The zero-order valence-corrected chi connectivity index (χ0v) is 9.03. The van der Waals surface area contributed by atoms with E-state index in [4.69, 9.17) is 5.11 Å². The second-order valence-corrected chi connectivity index (χ2v) is 3.52. The van der Waals surface area contributed by atoms with E-state index in [1.165, 1.54) is 12.1 Å². The molecule has 16 heavy (non-hydrogen) atoms. The molecule has 1 aromatic carbocycles. The molecule has 0 fully saturated rings. The van der Waals surface area contributed by atoms with Crippen LogP contribution in [0.2, 0.25) is 0 Å². The molecule has 1 atom stereocenters. The minimum atomic E-state index is -1.25. The van der Waals surface area contributed by atoms with E-state index in [0.29, 0.717) is 12.1 Å². The molecule has 0 aliphatic carbocycles. The van der Waals surface area contributed by atoms with Gasteiger partial charge in [0.1, 0.15) is 5.82 Å². The van der Waals surface area contributed by atoms with Crippen LogP contribution in [0, 0.1) is 5.82 Å². The first-order valence-electron chi connectivity index (χ1n) is 4.92. The van der Waals surface area contributed by atoms with E-state index in [2.05, 4.69) is 11.9 Å². The number of nitrogens with one attached hydrogen (secondary N) is 1. The van der Waals surface area contributed by atoms with Gasteiger partial charge in [0, 0.05) is 12.6 Å². The molecule has 1 rings (SSSR count). The monoisotopic (exact) mass is 223 g/mol. The van der Waals surface area contributed by atoms with Crippen LogP contribution in [0.3, 0.4) is 0 Å². The molecule has 0 heterocycles. The van der Waals surface area contributed by atoms with Gasteiger partial charge in [-0.05, 0) is 24.6 Å². The number of carboxylic acid groups (broad SMARTS) is 1. The highest BCUT2D eigenvalue weighted by Gasteiger charge is 2.10. The summed E-state index contributed by atoms with van der Waals surface area (Å²) in [5.41, 5.74) is 0.400. The highest BCUT2D eigenvalue weighted by molar-refractivity contribution is 5.87. The maximum Gasteiger partial charge on any atom is 0.338 e. The molecule has 4 heteroatoms. The van der Waals surface area contributed by atoms with Crippen molar-refractivity contribution < 1.29 is 14.3 Å². The van der Waals surface area contributed by atoms with Gasteiger partial charge in [0.25, 0.3) is 0 Å². The summed E-state index contributed by atoms with van der Waals surface area (Å²) in [5, 5.41) is 11.7. The number of carboxylic acids is 1. The van der Waals surface area contributed by atoms with Gasteiger partial charge in [-0.1, -0.05) is 12.1 Å². The Morgan fingerprint density at radius 2 is 2.38 bits per heavy atom. The Morgan fingerprint density at radius 1 is 1.69 bits per heavy atom. The van der Waals surface area contributed by atoms with Crippen LogP contribution in [0.5, 0.6) is 0 Å². The molecular formula is C12H14FNO2. The lowest BCUT2D eigenvalue weighted by molar-refractivity contribution is 0.0692. The predicted molar refractivity (Wildman–Crippen MR) is 59.9 cm³/mol. The minimum absolute atomic E-state index is 0.127. The van der Waals surface area contributed by atoms with Crippen LogP contribution in [0.25, 0.3) is 0 Å². The quantitative estimate of drug-likeness (QED) is 0.752. The fourth-order valence-corrected chi connectivity index (χ4v) is 1.20. The van der Waals surface area contributed by atoms with Crippen LogP contribution in [0.1, 0.15) is 22.8 Å². The molecule has 0 spiro atoms. The summed E-state index contributed by atoms with van der Waals surface area (Å²) < 4.78 is 13.3. The first-order valence-corrected chi connectivity index (χ1v) is 4.92. The second kappa shape index (κ2) is 5.42. The maximum absolute atomic E-state index is 13.3. The third-order valence-corrected chi connectivity index (χ3v) is 2.25. The summed E-state index contributed by atoms with van der Waals surface area (Å²) in [5.74, 6) is -1.96. The third-order valence-electron chi connectivity index (χ3n) is 2.25. The molecule has 1 aromatic rings. The molecular weight excluding hydrogens is 209 g/mol. The van der Waals surface area contributed by atoms with Gasteiger partial charge < -0.3 is 10.4 Å². The number of halogens is 1. The molecule has 3 nitrogen and oxygen atoms in total. The van der Waals surface area contributed by atoms with E-state index >= 15 is 0 Å². The number of carbonyl (C=O) groups is 1. The SMILES string of the molecule is C=CC(C)NCc1ccc(C(=O)O)c(F)c1. The van der Waals surface area contributed by atoms with Crippen molar-refractivity contribution in [3.63, 3.8) is 0 Å². The van der Waals surface area contributed by atoms with Crippen molar-refractivity contribution in [3.8, 4) is 0 Å². The molecule has 0 radical (unpaired) electrons. The summed E-state index contributed by atoms with van der Waals surface area (Å²) in [7, 11) is 0. The summed E-state index contributed by atoms with van der Waals surface area (Å²) in [6, 6.07) is 4.22. The lowest BCUT2D eigenvalue weighted by Crippen LogP contribution is -2.23. The molecule has 1 unspecified atom stereocenters. The van der Waals surface area contributed by atoms with Crippen molar-refractivity contribution in [2.75, 3.05) is 0 Å². The summed E-state index contributed by atoms with van der Waals surface area (Å²) in [6.45, 7) is 6.02. The van der Waals surface area contributed by atoms with Crippen LogP contribution >= 0.6 is 0 Å². The van der Waals surface area contributed by atoms with Gasteiger partial charge >= 0.3 is 5.97 Å². The topological polar surface area (TPSA) is 49.3 Å². The molecule has 0 saturated heterocycles. The van der Waals surface area contributed by atoms with Crippen molar-refractivity contribution in [3.05, 3.63) is 47.8 Å². The van der Waals surface area contributed by atoms with Gasteiger partial charge in [0.2, 0.25) is 0 Å². The van der Waals surface area contributed by atoms with E-state index in [1.54, 1.807) is 12.1 Å². The Bertz CT molecular complexity index is 404. The van der Waals surface area contributed by atoms with Gasteiger partial charge in [-0.3, -0.25) is 0 Å². The Labute approximate surface area is 93.6 Å². The standard InChI is InChI=1S/C12H14FNO2/c1-3-8(2)14-7-9-4-5-10(12(15)16)11(13)6-9/h3-6,8,14H,1,7H2,2H3,(H,15,16). The molecule has 0 aliphatic heterocycles. The average Bonchev–Trinajstić information content (AvgIpc) is 2.25. The zero-order valence-electron chi connectivity index (χ0n) is 9.03. The predicted octanol–water partition coefficient (Wildman–Crippen LogP) is 2.19. The van der Waals surface area contributed by atoms with Crippen molar-refractivity contribution >= 4 is 5.97 Å². The van der Waals surface area contributed by atoms with Crippen LogP contribution in [-0.2, 0) is 6.54 Å². The summed E-state index contributed by atoms with van der Waals surface area (Å²) in [4.78, 5) is 10.6. The highest BCUT2D eigenvalue weighted by Crippen LogP contribution is 2.10. The lowest BCUT2D eigenvalue weighted by atomic mass is 10.1. The van der Waals surface area contributed by atoms with Gasteiger partial charge in [-0.15, -0.1) is 6.58 Å². The first-order chi connectivity index (χ1) is 7.54. The molecule has 0 aromatic heterocycles. The Hall–Kier alpha value is -1.68. The van der Waals surface area contributed by atoms with Crippen LogP contribution in [-0.4, -0.2) is 17.1 Å². The fraction of sp³-hybridized carbons (Fsp3) is 0.250. The molecule has 2 N–H and O–H groups in total. The fourth-order valence-electron chi connectivity index (χ4n) is 1.20. The van der Waals surface area contributed by atoms with Gasteiger partial charge in [-0.2, -0.15) is 0 Å². The minimum Gasteiger partial charge on any atom is -0.478 e. The Balaban J connectivity index is 2.73. The smallest absolute Gasteiger partial charge is 0.338 e. The number of hydrogen-bond acceptors (Lipinski definition) is 2. The first kappa shape index (κ1) is 12.4. The summed E-state index contributed by atoms with van der Waals surface area (Å²) in [6.07, 6.45) is 1.74.